The van der Waals surface area contributed by atoms with E-state index in [0.717, 1.165) is 37.1 Å². The highest BCUT2D eigenvalue weighted by Crippen LogP contribution is 2.46. The normalized spacial score (nSPS) is 18.1. The van der Waals surface area contributed by atoms with E-state index in [0.29, 0.717) is 54.4 Å². The van der Waals surface area contributed by atoms with E-state index < -0.39 is 17.2 Å². The summed E-state index contributed by atoms with van der Waals surface area (Å²) in [5, 5.41) is 13.6. The Morgan fingerprint density at radius 3 is 2.52 bits per heavy atom. The van der Waals surface area contributed by atoms with Crippen LogP contribution in [0.15, 0.2) is 36.4 Å². The molecule has 4 rings (SSSR count). The highest BCUT2D eigenvalue weighted by atomic mass is 35.5. The molecule has 5 nitrogen and oxygen atoms in total. The van der Waals surface area contributed by atoms with Crippen molar-refractivity contribution in [3.8, 4) is 0 Å². The van der Waals surface area contributed by atoms with Gasteiger partial charge in [-0.25, -0.2) is 4.39 Å². The van der Waals surface area contributed by atoms with E-state index in [9.17, 15) is 14.3 Å². The van der Waals surface area contributed by atoms with Crippen LogP contribution in [0.3, 0.4) is 0 Å². The number of carbonyl (C=O) groups is 1. The third-order valence-corrected chi connectivity index (χ3v) is 7.10. The van der Waals surface area contributed by atoms with Gasteiger partial charge in [0.05, 0.1) is 22.5 Å². The second-order valence-corrected chi connectivity index (χ2v) is 10.0. The monoisotopic (exact) mass is 474 g/mol. The van der Waals surface area contributed by atoms with Crippen molar-refractivity contribution in [2.75, 3.05) is 30.0 Å². The second kappa shape index (κ2) is 9.90. The van der Waals surface area contributed by atoms with E-state index >= 15 is 0 Å². The minimum Gasteiger partial charge on any atom is -0.481 e. The lowest BCUT2D eigenvalue weighted by molar-refractivity contribution is -0.147. The summed E-state index contributed by atoms with van der Waals surface area (Å²) in [6.45, 7) is 6.63. The van der Waals surface area contributed by atoms with Crippen LogP contribution >= 0.6 is 11.6 Å². The summed E-state index contributed by atoms with van der Waals surface area (Å²) in [6, 6.07) is 10.7. The van der Waals surface area contributed by atoms with Crippen molar-refractivity contribution in [3.05, 3.63) is 52.8 Å². The Kier molecular flexibility index (Phi) is 7.15. The fourth-order valence-corrected chi connectivity index (χ4v) is 5.07. The first-order chi connectivity index (χ1) is 15.8. The molecule has 1 saturated heterocycles. The summed E-state index contributed by atoms with van der Waals surface area (Å²) < 4.78 is 20.3. The Hall–Kier alpha value is -2.31. The molecular formula is C26H32ClFN2O3. The van der Waals surface area contributed by atoms with E-state index in [2.05, 4.69) is 24.1 Å². The van der Waals surface area contributed by atoms with Crippen LogP contribution < -0.4 is 10.2 Å². The summed E-state index contributed by atoms with van der Waals surface area (Å²) >= 11 is 5.95. The molecule has 0 aromatic heterocycles. The first-order valence-electron chi connectivity index (χ1n) is 11.7. The summed E-state index contributed by atoms with van der Waals surface area (Å²) in [5.74, 6) is -0.824. The molecule has 1 aliphatic carbocycles. The molecule has 2 N–H and O–H groups in total. The number of aliphatic carboxylic acids is 1. The predicted octanol–water partition coefficient (Wildman–Crippen LogP) is 6.37. The maximum Gasteiger partial charge on any atom is 0.314 e. The number of carboxylic acids is 1. The first-order valence-corrected chi connectivity index (χ1v) is 12.1. The zero-order chi connectivity index (χ0) is 23.6. The van der Waals surface area contributed by atoms with Crippen LogP contribution in [0.2, 0.25) is 5.02 Å². The Labute approximate surface area is 199 Å². The Balaban J connectivity index is 1.79. The van der Waals surface area contributed by atoms with Crippen LogP contribution in [-0.4, -0.2) is 36.9 Å². The summed E-state index contributed by atoms with van der Waals surface area (Å²) in [5.41, 5.74) is 1.88. The van der Waals surface area contributed by atoms with Crippen LogP contribution in [-0.2, 0) is 14.9 Å². The van der Waals surface area contributed by atoms with Crippen molar-refractivity contribution >= 4 is 34.6 Å². The molecule has 0 spiro atoms. The molecule has 0 atom stereocenters. The number of nitrogens with zero attached hydrogens (tertiary/aromatic N) is 1. The van der Waals surface area contributed by atoms with Gasteiger partial charge in [-0.1, -0.05) is 37.9 Å². The van der Waals surface area contributed by atoms with Crippen molar-refractivity contribution in [2.45, 2.75) is 57.4 Å². The van der Waals surface area contributed by atoms with Gasteiger partial charge in [0.25, 0.3) is 0 Å². The van der Waals surface area contributed by atoms with E-state index in [4.69, 9.17) is 16.3 Å². The fraction of sp³-hybridized carbons (Fsp3) is 0.500. The molecular weight excluding hydrogens is 443 g/mol. The minimum absolute atomic E-state index is 0.305. The lowest BCUT2D eigenvalue weighted by atomic mass is 9.64. The average Bonchev–Trinajstić information content (AvgIpc) is 2.74. The van der Waals surface area contributed by atoms with Crippen molar-refractivity contribution in [1.29, 1.82) is 0 Å². The van der Waals surface area contributed by atoms with Gasteiger partial charge >= 0.3 is 5.97 Å². The largest absolute Gasteiger partial charge is 0.481 e. The van der Waals surface area contributed by atoms with E-state index in [1.807, 2.05) is 18.2 Å². The maximum absolute atomic E-state index is 14.7. The Bertz CT molecular complexity index is 1000. The zero-order valence-electron chi connectivity index (χ0n) is 19.2. The minimum atomic E-state index is -0.866. The molecule has 2 aromatic rings. The number of anilines is 3. The van der Waals surface area contributed by atoms with E-state index in [-0.39, 0.29) is 0 Å². The number of carboxylic acid groups (broad SMARTS) is 1. The summed E-state index contributed by atoms with van der Waals surface area (Å²) in [7, 11) is 0. The molecule has 0 unspecified atom stereocenters. The van der Waals surface area contributed by atoms with Crippen LogP contribution in [0.1, 0.15) is 51.5 Å². The maximum atomic E-state index is 14.7. The van der Waals surface area contributed by atoms with Crippen molar-refractivity contribution < 1.29 is 19.0 Å². The van der Waals surface area contributed by atoms with Crippen molar-refractivity contribution in [3.63, 3.8) is 0 Å². The van der Waals surface area contributed by atoms with Crippen molar-refractivity contribution in [2.24, 2.45) is 5.92 Å². The molecule has 2 fully saturated rings. The zero-order valence-corrected chi connectivity index (χ0v) is 20.0. The van der Waals surface area contributed by atoms with Gasteiger partial charge in [-0.05, 0) is 67.5 Å². The molecule has 1 heterocycles. The number of rotatable bonds is 8. The van der Waals surface area contributed by atoms with Gasteiger partial charge < -0.3 is 20.1 Å². The smallest absolute Gasteiger partial charge is 0.314 e. The van der Waals surface area contributed by atoms with Crippen LogP contribution in [0.4, 0.5) is 21.5 Å². The molecule has 2 aromatic carbocycles. The molecule has 7 heteroatoms. The number of ether oxygens (including phenoxy) is 1. The average molecular weight is 475 g/mol. The predicted molar refractivity (Wildman–Crippen MR) is 130 cm³/mol. The second-order valence-electron chi connectivity index (χ2n) is 9.61. The van der Waals surface area contributed by atoms with Crippen LogP contribution in [0, 0.1) is 11.7 Å². The molecule has 0 radical (unpaired) electrons. The standard InChI is InChI=1S/C26H32ClFN2O3/c1-17(2)16-30(20-8-12-33-13-9-20)24-7-4-18(26(25(31)32)10-3-11-26)14-23(24)29-22-6-5-19(27)15-21(22)28/h4-7,14-15,17,20,29H,3,8-13,16H2,1-2H3,(H,31,32). The van der Waals surface area contributed by atoms with Gasteiger partial charge in [-0.3, -0.25) is 4.79 Å². The summed E-state index contributed by atoms with van der Waals surface area (Å²) in [4.78, 5) is 14.5. The van der Waals surface area contributed by atoms with Gasteiger partial charge in [-0.2, -0.15) is 0 Å². The molecule has 1 aliphatic heterocycles. The molecule has 33 heavy (non-hydrogen) atoms. The third kappa shape index (κ3) is 4.97. The number of halogens is 2. The fourth-order valence-electron chi connectivity index (χ4n) is 4.91. The van der Waals surface area contributed by atoms with Gasteiger partial charge in [0.1, 0.15) is 5.82 Å². The molecule has 0 bridgehead atoms. The van der Waals surface area contributed by atoms with Crippen LogP contribution in [0.25, 0.3) is 0 Å². The highest BCUT2D eigenvalue weighted by molar-refractivity contribution is 6.30. The molecule has 0 amide bonds. The van der Waals surface area contributed by atoms with Crippen LogP contribution in [0.5, 0.6) is 0 Å². The van der Waals surface area contributed by atoms with Gasteiger partial charge in [0, 0.05) is 30.8 Å². The number of benzene rings is 2. The molecule has 2 aliphatic rings. The van der Waals surface area contributed by atoms with Gasteiger partial charge in [0.15, 0.2) is 0 Å². The quantitative estimate of drug-likeness (QED) is 0.465. The third-order valence-electron chi connectivity index (χ3n) is 6.87. The summed E-state index contributed by atoms with van der Waals surface area (Å²) in [6.07, 6.45) is 3.97. The Morgan fingerprint density at radius 2 is 1.94 bits per heavy atom. The first kappa shape index (κ1) is 23.8. The molecule has 1 saturated carbocycles. The number of hydrogen-bond acceptors (Lipinski definition) is 4. The van der Waals surface area contributed by atoms with E-state index in [1.54, 1.807) is 12.1 Å². The van der Waals surface area contributed by atoms with Gasteiger partial charge in [-0.15, -0.1) is 0 Å². The highest BCUT2D eigenvalue weighted by Gasteiger charge is 2.46. The van der Waals surface area contributed by atoms with Gasteiger partial charge in [0.2, 0.25) is 0 Å². The number of nitrogens with one attached hydrogen (secondary N) is 1. The van der Waals surface area contributed by atoms with E-state index in [1.165, 1.54) is 6.07 Å². The lowest BCUT2D eigenvalue weighted by Gasteiger charge is -2.41. The topological polar surface area (TPSA) is 61.8 Å². The van der Waals surface area contributed by atoms with Crippen molar-refractivity contribution in [1.82, 2.24) is 0 Å². The molecule has 178 valence electrons. The number of hydrogen-bond donors (Lipinski definition) is 2. The SMILES string of the molecule is CC(C)CN(c1ccc(C2(C(=O)O)CCC2)cc1Nc1ccc(Cl)cc1F)C1CCOCC1. The lowest BCUT2D eigenvalue weighted by Crippen LogP contribution is -2.43. The Morgan fingerprint density at radius 1 is 1.21 bits per heavy atom.